The van der Waals surface area contributed by atoms with Crippen LogP contribution in [-0.4, -0.2) is 24.0 Å². The molecule has 2 heterocycles. The molecule has 1 nitrogen and oxygen atoms in total. The molecule has 2 aliphatic heterocycles. The number of nitrogens with zero attached hydrogens (tertiary/aromatic N) is 1. The maximum absolute atomic E-state index is 3.99. The molecule has 0 aromatic rings. The van der Waals surface area contributed by atoms with Gasteiger partial charge < -0.3 is 0 Å². The van der Waals surface area contributed by atoms with E-state index in [1.807, 2.05) is 0 Å². The Morgan fingerprint density at radius 1 is 1.10 bits per heavy atom. The lowest BCUT2D eigenvalue weighted by molar-refractivity contribution is 0.329. The lowest BCUT2D eigenvalue weighted by Crippen LogP contribution is -2.21. The largest absolute Gasteiger partial charge is 0.292 e. The Bertz CT molecular complexity index is 155. The molecule has 2 aliphatic rings. The van der Waals surface area contributed by atoms with Gasteiger partial charge in [-0.15, -0.1) is 0 Å². The lowest BCUT2D eigenvalue weighted by Gasteiger charge is -2.10. The Balaban J connectivity index is 2.12. The van der Waals surface area contributed by atoms with Crippen LogP contribution in [-0.2, 0) is 0 Å². The molecule has 0 bridgehead atoms. The van der Waals surface area contributed by atoms with Crippen molar-refractivity contribution in [2.24, 2.45) is 0 Å². The van der Waals surface area contributed by atoms with Crippen molar-refractivity contribution in [1.29, 1.82) is 0 Å². The summed E-state index contributed by atoms with van der Waals surface area (Å²) in [4.78, 5) is 2.48. The van der Waals surface area contributed by atoms with Gasteiger partial charge in [-0.3, -0.25) is 4.90 Å². The molecular weight excluding hydrogens is 122 g/mol. The molecule has 1 heteroatoms. The summed E-state index contributed by atoms with van der Waals surface area (Å²) in [6, 6.07) is 0.764. The third-order valence-corrected chi connectivity index (χ3v) is 2.42. The second-order valence-corrected chi connectivity index (χ2v) is 3.47. The maximum atomic E-state index is 3.99. The average Bonchev–Trinajstić information content (AvgIpc) is 2.21. The molecule has 2 saturated heterocycles. The van der Waals surface area contributed by atoms with Crippen LogP contribution < -0.4 is 0 Å². The summed E-state index contributed by atoms with van der Waals surface area (Å²) in [6.07, 6.45) is 2.41. The van der Waals surface area contributed by atoms with Gasteiger partial charge in [0.25, 0.3) is 0 Å². The smallest absolute Gasteiger partial charge is 0.0197 e. The molecule has 0 spiro atoms. The van der Waals surface area contributed by atoms with Gasteiger partial charge in [0.1, 0.15) is 0 Å². The minimum absolute atomic E-state index is 0.764. The highest BCUT2D eigenvalue weighted by Crippen LogP contribution is 2.31. The lowest BCUT2D eigenvalue weighted by atomic mass is 10.1. The first-order valence-electron chi connectivity index (χ1n) is 3.83. The van der Waals surface area contributed by atoms with Crippen molar-refractivity contribution in [3.8, 4) is 0 Å². The van der Waals surface area contributed by atoms with Crippen LogP contribution in [0.4, 0.5) is 0 Å². The molecule has 0 atom stereocenters. The van der Waals surface area contributed by atoms with Crippen LogP contribution in [0.25, 0.3) is 0 Å². The van der Waals surface area contributed by atoms with Gasteiger partial charge in [0.2, 0.25) is 0 Å². The molecule has 0 amide bonds. The van der Waals surface area contributed by atoms with Crippen molar-refractivity contribution in [1.82, 2.24) is 4.90 Å². The summed E-state index contributed by atoms with van der Waals surface area (Å²) in [5, 5.41) is 0. The quantitative estimate of drug-likeness (QED) is 0.456. The molecule has 0 N–H and O–H groups in total. The van der Waals surface area contributed by atoms with E-state index in [1.165, 1.54) is 24.0 Å². The normalized spacial score (nSPS) is 28.0. The van der Waals surface area contributed by atoms with Crippen molar-refractivity contribution in [3.63, 3.8) is 0 Å². The summed E-state index contributed by atoms with van der Waals surface area (Å²) in [7, 11) is 0. The van der Waals surface area contributed by atoms with E-state index >= 15 is 0 Å². The zero-order valence-corrected chi connectivity index (χ0v) is 6.27. The second-order valence-electron chi connectivity index (χ2n) is 3.47. The highest BCUT2D eigenvalue weighted by molar-refractivity contribution is 5.18. The molecule has 0 aromatic heterocycles. The number of hydrogen-bond acceptors (Lipinski definition) is 1. The molecule has 0 saturated carbocycles. The monoisotopic (exact) mass is 135 g/mol. The van der Waals surface area contributed by atoms with Crippen LogP contribution in [0.15, 0.2) is 24.3 Å². The summed E-state index contributed by atoms with van der Waals surface area (Å²) in [5.74, 6) is 0. The van der Waals surface area contributed by atoms with Gasteiger partial charge in [0.05, 0.1) is 0 Å². The number of rotatable bonds is 0. The third kappa shape index (κ3) is 0.816. The van der Waals surface area contributed by atoms with Gasteiger partial charge in [0, 0.05) is 19.1 Å². The first-order chi connectivity index (χ1) is 4.75. The van der Waals surface area contributed by atoms with Gasteiger partial charge in [-0.05, 0) is 12.8 Å². The van der Waals surface area contributed by atoms with Crippen molar-refractivity contribution in [3.05, 3.63) is 24.3 Å². The fourth-order valence-electron chi connectivity index (χ4n) is 2.01. The molecule has 2 rings (SSSR count). The fourth-order valence-corrected chi connectivity index (χ4v) is 2.01. The van der Waals surface area contributed by atoms with E-state index in [0.717, 1.165) is 19.1 Å². The molecule has 0 aliphatic carbocycles. The van der Waals surface area contributed by atoms with Gasteiger partial charge in [-0.25, -0.2) is 0 Å². The summed E-state index contributed by atoms with van der Waals surface area (Å²) in [5.41, 5.74) is 2.80. The van der Waals surface area contributed by atoms with Gasteiger partial charge in [-0.2, -0.15) is 0 Å². The Morgan fingerprint density at radius 2 is 1.60 bits per heavy atom. The minimum atomic E-state index is 0.764. The second kappa shape index (κ2) is 1.96. The Labute approximate surface area is 62.0 Å². The topological polar surface area (TPSA) is 3.24 Å². The van der Waals surface area contributed by atoms with Gasteiger partial charge >= 0.3 is 0 Å². The van der Waals surface area contributed by atoms with Crippen molar-refractivity contribution < 1.29 is 0 Å². The SMILES string of the molecule is C=C1CC2CC(=C)CN2C1. The minimum Gasteiger partial charge on any atom is -0.292 e. The molecule has 0 aromatic carbocycles. The van der Waals surface area contributed by atoms with Crippen molar-refractivity contribution in [2.75, 3.05) is 13.1 Å². The Morgan fingerprint density at radius 3 is 2.00 bits per heavy atom. The van der Waals surface area contributed by atoms with Crippen LogP contribution >= 0.6 is 0 Å². The Kier molecular flexibility index (Phi) is 1.21. The molecule has 2 fully saturated rings. The zero-order chi connectivity index (χ0) is 7.14. The zero-order valence-electron chi connectivity index (χ0n) is 6.27. The average molecular weight is 135 g/mol. The molecule has 0 radical (unpaired) electrons. The molecule has 54 valence electrons. The maximum Gasteiger partial charge on any atom is 0.0197 e. The number of fused-ring (bicyclic) bond motifs is 1. The molecule has 0 unspecified atom stereocenters. The van der Waals surface area contributed by atoms with E-state index in [-0.39, 0.29) is 0 Å². The first-order valence-corrected chi connectivity index (χ1v) is 3.83. The highest BCUT2D eigenvalue weighted by Gasteiger charge is 2.32. The summed E-state index contributed by atoms with van der Waals surface area (Å²) >= 11 is 0. The van der Waals surface area contributed by atoms with Crippen LogP contribution in [0.5, 0.6) is 0 Å². The van der Waals surface area contributed by atoms with E-state index < -0.39 is 0 Å². The summed E-state index contributed by atoms with van der Waals surface area (Å²) < 4.78 is 0. The first kappa shape index (κ1) is 6.17. The molecule has 10 heavy (non-hydrogen) atoms. The van der Waals surface area contributed by atoms with Crippen LogP contribution in [0.1, 0.15) is 12.8 Å². The van der Waals surface area contributed by atoms with E-state index in [1.54, 1.807) is 0 Å². The van der Waals surface area contributed by atoms with Gasteiger partial charge in [-0.1, -0.05) is 24.3 Å². The van der Waals surface area contributed by atoms with Crippen molar-refractivity contribution >= 4 is 0 Å². The number of hydrogen-bond donors (Lipinski definition) is 0. The van der Waals surface area contributed by atoms with Crippen LogP contribution in [0.3, 0.4) is 0 Å². The van der Waals surface area contributed by atoms with E-state index in [0.29, 0.717) is 0 Å². The highest BCUT2D eigenvalue weighted by atomic mass is 15.2. The predicted molar refractivity (Wildman–Crippen MR) is 42.9 cm³/mol. The van der Waals surface area contributed by atoms with Crippen LogP contribution in [0.2, 0.25) is 0 Å². The van der Waals surface area contributed by atoms with E-state index in [9.17, 15) is 0 Å². The van der Waals surface area contributed by atoms with E-state index in [4.69, 9.17) is 0 Å². The standard InChI is InChI=1S/C9H13N/c1-7-3-9-4-8(2)6-10(9)5-7/h9H,1-6H2. The van der Waals surface area contributed by atoms with Crippen LogP contribution in [0, 0.1) is 0 Å². The Hall–Kier alpha value is -0.560. The predicted octanol–water partition coefficient (Wildman–Crippen LogP) is 1.58. The van der Waals surface area contributed by atoms with E-state index in [2.05, 4.69) is 18.1 Å². The van der Waals surface area contributed by atoms with Gasteiger partial charge in [0.15, 0.2) is 0 Å². The fraction of sp³-hybridized carbons (Fsp3) is 0.556. The summed E-state index contributed by atoms with van der Waals surface area (Å²) in [6.45, 7) is 10.2. The molecular formula is C9H13N. The third-order valence-electron chi connectivity index (χ3n) is 2.42. The van der Waals surface area contributed by atoms with Crippen molar-refractivity contribution in [2.45, 2.75) is 18.9 Å².